The molecular formula is C26H30O3. The minimum Gasteiger partial charge on any atom is -0.456 e. The molecule has 0 aliphatic carbocycles. The van der Waals surface area contributed by atoms with Crippen molar-refractivity contribution >= 4 is 27.5 Å². The molecule has 0 amide bonds. The molecule has 2 unspecified atom stereocenters. The maximum Gasteiger partial charge on any atom is 0.333 e. The lowest BCUT2D eigenvalue weighted by molar-refractivity contribution is -0.155. The topological polar surface area (TPSA) is 35.5 Å². The third kappa shape index (κ3) is 5.04. The van der Waals surface area contributed by atoms with Gasteiger partial charge in [-0.15, -0.1) is 0 Å². The number of hydrogen-bond acceptors (Lipinski definition) is 3. The van der Waals surface area contributed by atoms with Gasteiger partial charge in [-0.1, -0.05) is 49.9 Å². The van der Waals surface area contributed by atoms with Crippen LogP contribution in [0.15, 0.2) is 66.7 Å². The number of esters is 1. The maximum atomic E-state index is 11.9. The van der Waals surface area contributed by atoms with Gasteiger partial charge in [0.15, 0.2) is 0 Å². The number of ether oxygens (including phenoxy) is 2. The van der Waals surface area contributed by atoms with Gasteiger partial charge in [0.05, 0.1) is 12.7 Å². The van der Waals surface area contributed by atoms with Crippen LogP contribution in [0.4, 0.5) is 0 Å². The minimum absolute atomic E-state index is 0.0381. The lowest BCUT2D eigenvalue weighted by Crippen LogP contribution is -2.32. The first kappa shape index (κ1) is 21.1. The van der Waals surface area contributed by atoms with Crippen molar-refractivity contribution in [2.75, 3.05) is 6.61 Å². The number of hydrogen-bond donors (Lipinski definition) is 0. The van der Waals surface area contributed by atoms with Crippen LogP contribution in [0.2, 0.25) is 0 Å². The predicted molar refractivity (Wildman–Crippen MR) is 120 cm³/mol. The monoisotopic (exact) mass is 390 g/mol. The standard InChI is InChI=1S/C26H30O3/c1-6-26(5,29-25(27)18(2)3)13-14-28-19(4)20-11-12-23-16-21-9-7-8-10-22(21)17-24(23)15-20/h7-12,15-17,19H,2,6,13-14H2,1,3-5H3. The molecule has 0 fully saturated rings. The Balaban J connectivity index is 1.67. The Bertz CT molecular complexity index is 1040. The van der Waals surface area contributed by atoms with Crippen molar-refractivity contribution in [2.24, 2.45) is 0 Å². The first-order valence-corrected chi connectivity index (χ1v) is 10.2. The summed E-state index contributed by atoms with van der Waals surface area (Å²) in [7, 11) is 0. The van der Waals surface area contributed by atoms with Gasteiger partial charge in [0.1, 0.15) is 5.60 Å². The quantitative estimate of drug-likeness (QED) is 0.242. The average Bonchev–Trinajstić information content (AvgIpc) is 2.71. The largest absolute Gasteiger partial charge is 0.456 e. The Kier molecular flexibility index (Phi) is 6.39. The van der Waals surface area contributed by atoms with Gasteiger partial charge in [-0.05, 0) is 72.5 Å². The molecule has 2 atom stereocenters. The van der Waals surface area contributed by atoms with Gasteiger partial charge in [-0.3, -0.25) is 0 Å². The van der Waals surface area contributed by atoms with E-state index in [2.05, 4.69) is 68.1 Å². The SMILES string of the molecule is C=C(C)C(=O)OC(C)(CC)CCOC(C)c1ccc2cc3ccccc3cc2c1. The third-order valence-electron chi connectivity index (χ3n) is 5.63. The molecule has 152 valence electrons. The van der Waals surface area contributed by atoms with Crippen molar-refractivity contribution in [3.8, 4) is 0 Å². The molecule has 29 heavy (non-hydrogen) atoms. The molecule has 3 aromatic carbocycles. The Morgan fingerprint density at radius 2 is 1.66 bits per heavy atom. The summed E-state index contributed by atoms with van der Waals surface area (Å²) in [5.74, 6) is -0.343. The van der Waals surface area contributed by atoms with Gasteiger partial charge >= 0.3 is 5.97 Å². The van der Waals surface area contributed by atoms with E-state index in [0.717, 1.165) is 12.0 Å². The fraction of sp³-hybridized carbons (Fsp3) is 0.346. The number of carbonyl (C=O) groups is 1. The maximum absolute atomic E-state index is 11.9. The molecule has 0 spiro atoms. The highest BCUT2D eigenvalue weighted by atomic mass is 16.6. The number of fused-ring (bicyclic) bond motifs is 2. The summed E-state index contributed by atoms with van der Waals surface area (Å²) in [5.41, 5.74) is 1.02. The van der Waals surface area contributed by atoms with E-state index >= 15 is 0 Å². The van der Waals surface area contributed by atoms with Gasteiger partial charge < -0.3 is 9.47 Å². The zero-order chi connectivity index (χ0) is 21.0. The van der Waals surface area contributed by atoms with Crippen LogP contribution in [0.25, 0.3) is 21.5 Å². The van der Waals surface area contributed by atoms with Crippen molar-refractivity contribution in [1.82, 2.24) is 0 Å². The van der Waals surface area contributed by atoms with E-state index < -0.39 is 5.60 Å². The molecule has 3 heteroatoms. The highest BCUT2D eigenvalue weighted by molar-refractivity contribution is 5.98. The number of carbonyl (C=O) groups excluding carboxylic acids is 1. The second-order valence-electron chi connectivity index (χ2n) is 8.04. The summed E-state index contributed by atoms with van der Waals surface area (Å²) in [5, 5.41) is 4.93. The molecule has 3 nitrogen and oxygen atoms in total. The molecule has 0 heterocycles. The number of benzene rings is 3. The van der Waals surface area contributed by atoms with E-state index in [1.165, 1.54) is 21.5 Å². The van der Waals surface area contributed by atoms with Crippen molar-refractivity contribution in [3.05, 3.63) is 72.3 Å². The summed E-state index contributed by atoms with van der Waals surface area (Å²) in [6, 6.07) is 19.3. The summed E-state index contributed by atoms with van der Waals surface area (Å²) in [6.07, 6.45) is 1.33. The summed E-state index contributed by atoms with van der Waals surface area (Å²) >= 11 is 0. The van der Waals surface area contributed by atoms with Crippen molar-refractivity contribution in [1.29, 1.82) is 0 Å². The first-order valence-electron chi connectivity index (χ1n) is 10.2. The van der Waals surface area contributed by atoms with E-state index in [9.17, 15) is 4.79 Å². The molecule has 3 rings (SSSR count). The van der Waals surface area contributed by atoms with Crippen molar-refractivity contribution < 1.29 is 14.3 Å². The van der Waals surface area contributed by atoms with E-state index in [-0.39, 0.29) is 12.1 Å². The predicted octanol–water partition coefficient (Wildman–Crippen LogP) is 6.75. The Labute approximate surface area is 173 Å². The van der Waals surface area contributed by atoms with E-state index in [1.54, 1.807) is 6.92 Å². The fourth-order valence-corrected chi connectivity index (χ4v) is 3.37. The van der Waals surface area contributed by atoms with E-state index in [1.807, 2.05) is 13.8 Å². The summed E-state index contributed by atoms with van der Waals surface area (Å²) in [4.78, 5) is 11.9. The van der Waals surface area contributed by atoms with Crippen LogP contribution >= 0.6 is 0 Å². The molecule has 0 N–H and O–H groups in total. The lowest BCUT2D eigenvalue weighted by Gasteiger charge is -2.29. The van der Waals surface area contributed by atoms with Crippen LogP contribution in [-0.2, 0) is 14.3 Å². The van der Waals surface area contributed by atoms with Gasteiger partial charge in [0.2, 0.25) is 0 Å². The summed E-state index contributed by atoms with van der Waals surface area (Å²) in [6.45, 7) is 11.9. The molecule has 0 bridgehead atoms. The van der Waals surface area contributed by atoms with Crippen LogP contribution < -0.4 is 0 Å². The Morgan fingerprint density at radius 1 is 1.03 bits per heavy atom. The first-order chi connectivity index (χ1) is 13.8. The molecule has 0 radical (unpaired) electrons. The highest BCUT2D eigenvalue weighted by Gasteiger charge is 2.27. The third-order valence-corrected chi connectivity index (χ3v) is 5.63. The number of rotatable bonds is 8. The molecule has 3 aromatic rings. The second kappa shape index (κ2) is 8.79. The zero-order valence-corrected chi connectivity index (χ0v) is 17.8. The second-order valence-corrected chi connectivity index (χ2v) is 8.04. The van der Waals surface area contributed by atoms with Crippen LogP contribution in [0.3, 0.4) is 0 Å². The van der Waals surface area contributed by atoms with Gasteiger partial charge in [-0.25, -0.2) is 4.79 Å². The van der Waals surface area contributed by atoms with Gasteiger partial charge in [0, 0.05) is 12.0 Å². The molecule has 0 aliphatic rings. The molecule has 0 saturated heterocycles. The van der Waals surface area contributed by atoms with Crippen molar-refractivity contribution in [2.45, 2.75) is 52.2 Å². The molecular weight excluding hydrogens is 360 g/mol. The van der Waals surface area contributed by atoms with E-state index in [4.69, 9.17) is 9.47 Å². The zero-order valence-electron chi connectivity index (χ0n) is 17.8. The lowest BCUT2D eigenvalue weighted by atomic mass is 9.98. The molecule has 0 saturated carbocycles. The van der Waals surface area contributed by atoms with Crippen LogP contribution in [0, 0.1) is 0 Å². The van der Waals surface area contributed by atoms with Crippen LogP contribution in [0.5, 0.6) is 0 Å². The van der Waals surface area contributed by atoms with E-state index in [0.29, 0.717) is 18.6 Å². The summed E-state index contributed by atoms with van der Waals surface area (Å²) < 4.78 is 11.7. The highest BCUT2D eigenvalue weighted by Crippen LogP contribution is 2.28. The van der Waals surface area contributed by atoms with Crippen LogP contribution in [-0.4, -0.2) is 18.2 Å². The molecule has 0 aromatic heterocycles. The van der Waals surface area contributed by atoms with Crippen molar-refractivity contribution in [3.63, 3.8) is 0 Å². The van der Waals surface area contributed by atoms with Gasteiger partial charge in [-0.2, -0.15) is 0 Å². The van der Waals surface area contributed by atoms with Crippen LogP contribution in [0.1, 0.15) is 52.2 Å². The minimum atomic E-state index is -0.544. The molecule has 0 aliphatic heterocycles. The smallest absolute Gasteiger partial charge is 0.333 e. The average molecular weight is 391 g/mol. The van der Waals surface area contributed by atoms with Gasteiger partial charge in [0.25, 0.3) is 0 Å². The normalized spacial score (nSPS) is 14.5. The Hall–Kier alpha value is -2.65. The fourth-order valence-electron chi connectivity index (χ4n) is 3.37. The Morgan fingerprint density at radius 3 is 2.28 bits per heavy atom.